The molecule has 0 amide bonds. The van der Waals surface area contributed by atoms with Crippen LogP contribution in [0.15, 0.2) is 24.5 Å². The number of ether oxygens (including phenoxy) is 2. The quantitative estimate of drug-likeness (QED) is 0.497. The van der Waals surface area contributed by atoms with Crippen molar-refractivity contribution in [1.29, 1.82) is 0 Å². The molecule has 5 rings (SSSR count). The molecule has 9 heteroatoms. The Morgan fingerprint density at radius 2 is 1.97 bits per heavy atom. The van der Waals surface area contributed by atoms with E-state index in [0.717, 1.165) is 68.5 Å². The molecule has 33 heavy (non-hydrogen) atoms. The van der Waals surface area contributed by atoms with Gasteiger partial charge in [0.2, 0.25) is 5.95 Å². The van der Waals surface area contributed by atoms with Crippen molar-refractivity contribution >= 4 is 28.6 Å². The highest BCUT2D eigenvalue weighted by atomic mass is 16.5. The molecule has 2 aliphatic heterocycles. The molecule has 2 fully saturated rings. The van der Waals surface area contributed by atoms with Crippen molar-refractivity contribution < 1.29 is 9.47 Å². The molecule has 3 aromatic rings. The van der Waals surface area contributed by atoms with Gasteiger partial charge in [0, 0.05) is 19.3 Å². The lowest BCUT2D eigenvalue weighted by Gasteiger charge is -2.31. The van der Waals surface area contributed by atoms with Gasteiger partial charge in [-0.2, -0.15) is 9.97 Å². The second kappa shape index (κ2) is 9.93. The fourth-order valence-electron chi connectivity index (χ4n) is 4.80. The van der Waals surface area contributed by atoms with Crippen molar-refractivity contribution in [3.05, 3.63) is 30.1 Å². The minimum atomic E-state index is 0.314. The standard InChI is InChI=1S/C24H33N7O2/c1-3-31-10-6-16(7-11-31)17-4-5-19(20(14-17)32-2)28-24-29-22-21(25-15-26-22)23(30-24)27-18-8-12-33-13-9-18/h4-5,14-16,18H,3,6-13H2,1-2H3,(H3,25,26,27,28,29,30). The number of methoxy groups -OCH3 is 1. The number of hydrogen-bond donors (Lipinski definition) is 3. The molecule has 0 radical (unpaired) electrons. The number of nitrogens with zero attached hydrogens (tertiary/aromatic N) is 4. The van der Waals surface area contributed by atoms with Gasteiger partial charge in [0.25, 0.3) is 0 Å². The third kappa shape index (κ3) is 4.89. The highest BCUT2D eigenvalue weighted by molar-refractivity contribution is 5.84. The zero-order valence-corrected chi connectivity index (χ0v) is 19.4. The normalized spacial score (nSPS) is 18.5. The number of benzene rings is 1. The lowest BCUT2D eigenvalue weighted by atomic mass is 9.89. The number of nitrogens with one attached hydrogen (secondary N) is 3. The maximum absolute atomic E-state index is 5.74. The Hall–Kier alpha value is -2.91. The molecule has 0 atom stereocenters. The monoisotopic (exact) mass is 451 g/mol. The molecule has 4 heterocycles. The molecule has 176 valence electrons. The van der Waals surface area contributed by atoms with Gasteiger partial charge in [-0.25, -0.2) is 4.98 Å². The van der Waals surface area contributed by atoms with E-state index < -0.39 is 0 Å². The van der Waals surface area contributed by atoms with Gasteiger partial charge < -0.3 is 30.0 Å². The average molecular weight is 452 g/mol. The Labute approximate surface area is 194 Å². The second-order valence-corrected chi connectivity index (χ2v) is 8.82. The van der Waals surface area contributed by atoms with Crippen LogP contribution < -0.4 is 15.4 Å². The van der Waals surface area contributed by atoms with Crippen LogP contribution in [-0.4, -0.2) is 70.8 Å². The number of fused-ring (bicyclic) bond motifs is 1. The first-order valence-electron chi connectivity index (χ1n) is 12.0. The van der Waals surface area contributed by atoms with Crippen LogP contribution in [-0.2, 0) is 4.74 Å². The zero-order chi connectivity index (χ0) is 22.6. The number of anilines is 3. The molecule has 0 saturated carbocycles. The van der Waals surface area contributed by atoms with Crippen molar-refractivity contribution in [2.45, 2.75) is 44.6 Å². The molecule has 0 bridgehead atoms. The van der Waals surface area contributed by atoms with Gasteiger partial charge in [0.15, 0.2) is 11.5 Å². The van der Waals surface area contributed by atoms with E-state index in [1.807, 2.05) is 0 Å². The van der Waals surface area contributed by atoms with Crippen LogP contribution in [0.1, 0.15) is 44.1 Å². The Morgan fingerprint density at radius 3 is 2.73 bits per heavy atom. The van der Waals surface area contributed by atoms with Crippen LogP contribution in [0.3, 0.4) is 0 Å². The molecule has 0 spiro atoms. The third-order valence-corrected chi connectivity index (χ3v) is 6.82. The van der Waals surface area contributed by atoms with Gasteiger partial charge in [-0.15, -0.1) is 0 Å². The Balaban J connectivity index is 1.36. The molecular weight excluding hydrogens is 418 g/mol. The van der Waals surface area contributed by atoms with Gasteiger partial charge in [-0.3, -0.25) is 0 Å². The van der Waals surface area contributed by atoms with E-state index in [0.29, 0.717) is 23.6 Å². The summed E-state index contributed by atoms with van der Waals surface area (Å²) in [4.78, 5) is 19.4. The van der Waals surface area contributed by atoms with Gasteiger partial charge in [0.05, 0.1) is 19.1 Å². The van der Waals surface area contributed by atoms with Crippen LogP contribution in [0.5, 0.6) is 5.75 Å². The average Bonchev–Trinajstić information content (AvgIpc) is 3.34. The molecule has 2 aliphatic rings. The van der Waals surface area contributed by atoms with Gasteiger partial charge in [0.1, 0.15) is 11.3 Å². The number of piperidine rings is 1. The fraction of sp³-hybridized carbons (Fsp3) is 0.542. The van der Waals surface area contributed by atoms with Gasteiger partial charge >= 0.3 is 0 Å². The maximum atomic E-state index is 5.74. The zero-order valence-electron chi connectivity index (χ0n) is 19.4. The summed E-state index contributed by atoms with van der Waals surface area (Å²) in [6.07, 6.45) is 5.92. The first-order chi connectivity index (χ1) is 16.2. The van der Waals surface area contributed by atoms with Crippen LogP contribution >= 0.6 is 0 Å². The Kier molecular flexibility index (Phi) is 6.59. The summed E-state index contributed by atoms with van der Waals surface area (Å²) in [6, 6.07) is 6.75. The summed E-state index contributed by atoms with van der Waals surface area (Å²) in [6.45, 7) is 7.20. The number of H-pyrrole nitrogens is 1. The second-order valence-electron chi connectivity index (χ2n) is 8.82. The molecule has 0 aliphatic carbocycles. The summed E-state index contributed by atoms with van der Waals surface area (Å²) in [5.41, 5.74) is 3.62. The maximum Gasteiger partial charge on any atom is 0.231 e. The van der Waals surface area contributed by atoms with Gasteiger partial charge in [-0.05, 0) is 68.9 Å². The summed E-state index contributed by atoms with van der Waals surface area (Å²) in [5, 5.41) is 6.90. The minimum absolute atomic E-state index is 0.314. The highest BCUT2D eigenvalue weighted by Gasteiger charge is 2.21. The topological polar surface area (TPSA) is 100 Å². The van der Waals surface area contributed by atoms with Crippen molar-refractivity contribution in [2.75, 3.05) is 50.6 Å². The lowest BCUT2D eigenvalue weighted by molar-refractivity contribution is 0.0904. The Morgan fingerprint density at radius 1 is 1.15 bits per heavy atom. The van der Waals surface area contributed by atoms with E-state index in [-0.39, 0.29) is 0 Å². The van der Waals surface area contributed by atoms with E-state index in [2.05, 4.69) is 55.6 Å². The molecule has 2 aromatic heterocycles. The van der Waals surface area contributed by atoms with Crippen LogP contribution in [0.4, 0.5) is 17.5 Å². The minimum Gasteiger partial charge on any atom is -0.495 e. The van der Waals surface area contributed by atoms with Crippen molar-refractivity contribution in [1.82, 2.24) is 24.8 Å². The summed E-state index contributed by atoms with van der Waals surface area (Å²) >= 11 is 0. The largest absolute Gasteiger partial charge is 0.495 e. The van der Waals surface area contributed by atoms with Crippen LogP contribution in [0.2, 0.25) is 0 Å². The molecular formula is C24H33N7O2. The predicted molar refractivity (Wildman–Crippen MR) is 130 cm³/mol. The number of aromatic nitrogens is 4. The van der Waals surface area contributed by atoms with Gasteiger partial charge in [-0.1, -0.05) is 13.0 Å². The fourth-order valence-corrected chi connectivity index (χ4v) is 4.80. The smallest absolute Gasteiger partial charge is 0.231 e. The first kappa shape index (κ1) is 21.9. The van der Waals surface area contributed by atoms with Crippen molar-refractivity contribution in [2.24, 2.45) is 0 Å². The number of hydrogen-bond acceptors (Lipinski definition) is 8. The predicted octanol–water partition coefficient (Wildman–Crippen LogP) is 3.90. The third-order valence-electron chi connectivity index (χ3n) is 6.82. The van der Waals surface area contributed by atoms with E-state index >= 15 is 0 Å². The SMILES string of the molecule is CCN1CCC(c2ccc(Nc3nc(NC4CCOCC4)c4nc[nH]c4n3)c(OC)c2)CC1. The Bertz CT molecular complexity index is 1070. The molecule has 1 aromatic carbocycles. The van der Waals surface area contributed by atoms with E-state index in [9.17, 15) is 0 Å². The lowest BCUT2D eigenvalue weighted by Crippen LogP contribution is -2.32. The van der Waals surface area contributed by atoms with Crippen LogP contribution in [0, 0.1) is 0 Å². The number of imidazole rings is 1. The summed E-state index contributed by atoms with van der Waals surface area (Å²) < 4.78 is 11.2. The molecule has 2 saturated heterocycles. The number of aromatic amines is 1. The van der Waals surface area contributed by atoms with E-state index in [1.165, 1.54) is 18.4 Å². The number of likely N-dealkylation sites (tertiary alicyclic amines) is 1. The number of rotatable bonds is 7. The summed E-state index contributed by atoms with van der Waals surface area (Å²) in [7, 11) is 1.71. The van der Waals surface area contributed by atoms with E-state index in [4.69, 9.17) is 14.5 Å². The molecule has 0 unspecified atom stereocenters. The van der Waals surface area contributed by atoms with Crippen molar-refractivity contribution in [3.8, 4) is 5.75 Å². The first-order valence-corrected chi connectivity index (χ1v) is 12.0. The highest BCUT2D eigenvalue weighted by Crippen LogP contribution is 2.35. The molecule has 9 nitrogen and oxygen atoms in total. The van der Waals surface area contributed by atoms with E-state index in [1.54, 1.807) is 13.4 Å². The van der Waals surface area contributed by atoms with Crippen molar-refractivity contribution in [3.63, 3.8) is 0 Å². The van der Waals surface area contributed by atoms with Crippen LogP contribution in [0.25, 0.3) is 11.2 Å². The molecule has 3 N–H and O–H groups in total. The summed E-state index contributed by atoms with van der Waals surface area (Å²) in [5.74, 6) is 2.61.